The average Bonchev–Trinajstić information content (AvgIpc) is 3.82. The summed E-state index contributed by atoms with van der Waals surface area (Å²) in [6.07, 6.45) is 16.1. The van der Waals surface area contributed by atoms with Crippen LogP contribution in [0.15, 0.2) is 48.9 Å². The number of aromatic nitrogens is 3. The minimum Gasteiger partial charge on any atom is -0.496 e. The molecule has 2 amide bonds. The van der Waals surface area contributed by atoms with Crippen molar-refractivity contribution in [1.82, 2.24) is 19.7 Å². The molecule has 4 saturated carbocycles. The summed E-state index contributed by atoms with van der Waals surface area (Å²) in [5.41, 5.74) is 4.79. The first-order valence-corrected chi connectivity index (χ1v) is 19.3. The Balaban J connectivity index is 1.10. The van der Waals surface area contributed by atoms with Crippen LogP contribution in [-0.4, -0.2) is 64.5 Å². The van der Waals surface area contributed by atoms with E-state index in [4.69, 9.17) is 14.5 Å². The molecule has 4 aliphatic carbocycles. The lowest BCUT2D eigenvalue weighted by Crippen LogP contribution is -2.52. The maximum Gasteiger partial charge on any atom is 0.410 e. The molecule has 1 aliphatic heterocycles. The van der Waals surface area contributed by atoms with Crippen molar-refractivity contribution < 1.29 is 19.1 Å². The third-order valence-corrected chi connectivity index (χ3v) is 12.8. The molecule has 5 fully saturated rings. The number of nitrogens with zero attached hydrogens (tertiary/aromatic N) is 5. The number of hydrogen-bond acceptors (Lipinski definition) is 6. The lowest BCUT2D eigenvalue weighted by atomic mass is 9.51. The van der Waals surface area contributed by atoms with E-state index in [0.29, 0.717) is 38.1 Å². The van der Waals surface area contributed by atoms with Gasteiger partial charge in [0.15, 0.2) is 0 Å². The van der Waals surface area contributed by atoms with E-state index >= 15 is 0 Å². The van der Waals surface area contributed by atoms with Gasteiger partial charge in [-0.3, -0.25) is 14.4 Å². The second kappa shape index (κ2) is 13.9. The van der Waals surface area contributed by atoms with Gasteiger partial charge in [0.25, 0.3) is 0 Å². The third kappa shape index (κ3) is 7.27. The molecule has 9 nitrogen and oxygen atoms in total. The summed E-state index contributed by atoms with van der Waals surface area (Å²) in [5.74, 6) is 2.23. The maximum atomic E-state index is 14.7. The zero-order valence-electron chi connectivity index (χ0n) is 31.6. The van der Waals surface area contributed by atoms with Crippen LogP contribution < -0.4 is 9.64 Å². The number of ether oxygens (including phenoxy) is 2. The number of rotatable bonds is 8. The SMILES string of the molecule is COc1ccc(C23CCC(CN(C(=O)C4CCC(OC(=O)N5CC[C@H](C)C5)CC4)c4cc(-c5cnn(C(C)(C)C)c5)ccn4)(CC2)CC3)cc1C. The number of carbonyl (C=O) groups excluding carboxylic acids is 2. The van der Waals surface area contributed by atoms with E-state index in [1.807, 2.05) is 32.9 Å². The molecule has 5 aliphatic rings. The zero-order chi connectivity index (χ0) is 36.0. The van der Waals surface area contributed by atoms with Gasteiger partial charge in [0.2, 0.25) is 5.91 Å². The zero-order valence-corrected chi connectivity index (χ0v) is 31.6. The molecule has 3 aromatic rings. The number of likely N-dealkylation sites (tertiary alicyclic amines) is 1. The fraction of sp³-hybridized carbons (Fsp3) is 0.619. The van der Waals surface area contributed by atoms with E-state index in [2.05, 4.69) is 70.2 Å². The summed E-state index contributed by atoms with van der Waals surface area (Å²) in [6, 6.07) is 10.8. The van der Waals surface area contributed by atoms with Crippen LogP contribution in [0.25, 0.3) is 11.1 Å². The molecule has 1 atom stereocenters. The van der Waals surface area contributed by atoms with Crippen LogP contribution in [0.3, 0.4) is 0 Å². The molecular weight excluding hydrogens is 638 g/mol. The highest BCUT2D eigenvalue weighted by Crippen LogP contribution is 2.58. The summed E-state index contributed by atoms with van der Waals surface area (Å²) in [4.78, 5) is 36.3. The van der Waals surface area contributed by atoms with Crippen LogP contribution in [0.1, 0.15) is 109 Å². The Morgan fingerprint density at radius 1 is 0.961 bits per heavy atom. The van der Waals surface area contributed by atoms with Crippen LogP contribution >= 0.6 is 0 Å². The Kier molecular flexibility index (Phi) is 9.70. The lowest BCUT2D eigenvalue weighted by molar-refractivity contribution is -0.124. The molecule has 0 N–H and O–H groups in total. The summed E-state index contributed by atoms with van der Waals surface area (Å²) in [5, 5.41) is 4.64. The van der Waals surface area contributed by atoms with E-state index in [9.17, 15) is 9.59 Å². The lowest BCUT2D eigenvalue weighted by Gasteiger charge is -2.55. The van der Waals surface area contributed by atoms with E-state index < -0.39 is 0 Å². The summed E-state index contributed by atoms with van der Waals surface area (Å²) < 4.78 is 13.5. The van der Waals surface area contributed by atoms with Crippen molar-refractivity contribution >= 4 is 17.8 Å². The number of amides is 2. The second-order valence-electron chi connectivity index (χ2n) is 17.3. The Hall–Kier alpha value is -3.88. The summed E-state index contributed by atoms with van der Waals surface area (Å²) in [6.45, 7) is 13.0. The standard InChI is InChI=1S/C42H57N5O4/c1-29-14-22-45(26-29)39(49)51-35-10-7-31(8-11-35)38(48)46(37-24-32(13-21-43-37)33-25-44-47(27-33)40(3,4)5)28-41-15-18-42(19-16-41,20-17-41)34-9-12-36(50-6)30(2)23-34/h9,12-13,21,23-25,27,29,31,35H,7-8,10-11,14-20,22,26,28H2,1-6H3/t29-,31?,35?,41?,42?/m0/s1. The Labute approximate surface area is 304 Å². The van der Waals surface area contributed by atoms with Gasteiger partial charge in [-0.1, -0.05) is 19.1 Å². The molecular formula is C42H57N5O4. The normalized spacial score (nSPS) is 27.7. The number of hydrogen-bond donors (Lipinski definition) is 0. The largest absolute Gasteiger partial charge is 0.496 e. The summed E-state index contributed by atoms with van der Waals surface area (Å²) in [7, 11) is 1.74. The first-order valence-electron chi connectivity index (χ1n) is 19.3. The monoisotopic (exact) mass is 695 g/mol. The second-order valence-corrected chi connectivity index (χ2v) is 17.3. The van der Waals surface area contributed by atoms with Gasteiger partial charge in [0.1, 0.15) is 17.7 Å². The van der Waals surface area contributed by atoms with E-state index in [0.717, 1.165) is 80.7 Å². The van der Waals surface area contributed by atoms with E-state index in [-0.39, 0.29) is 40.4 Å². The van der Waals surface area contributed by atoms with Gasteiger partial charge in [-0.2, -0.15) is 5.10 Å². The molecule has 2 bridgehead atoms. The van der Waals surface area contributed by atoms with E-state index in [1.54, 1.807) is 7.11 Å². The predicted octanol–water partition coefficient (Wildman–Crippen LogP) is 8.68. The number of carbonyl (C=O) groups is 2. The smallest absolute Gasteiger partial charge is 0.410 e. The van der Waals surface area contributed by atoms with Crippen LogP contribution in [0, 0.1) is 24.2 Å². The predicted molar refractivity (Wildman–Crippen MR) is 200 cm³/mol. The topological polar surface area (TPSA) is 89.8 Å². The van der Waals surface area contributed by atoms with Crippen molar-refractivity contribution in [3.05, 3.63) is 60.0 Å². The highest BCUT2D eigenvalue weighted by molar-refractivity contribution is 5.95. The minimum atomic E-state index is -0.193. The third-order valence-electron chi connectivity index (χ3n) is 12.8. The van der Waals surface area contributed by atoms with Crippen molar-refractivity contribution in [2.75, 3.05) is 31.6 Å². The minimum absolute atomic E-state index is 0.0628. The van der Waals surface area contributed by atoms with E-state index in [1.165, 1.54) is 11.1 Å². The molecule has 8 rings (SSSR count). The summed E-state index contributed by atoms with van der Waals surface area (Å²) >= 11 is 0. The van der Waals surface area contributed by atoms with Crippen molar-refractivity contribution in [3.8, 4) is 16.9 Å². The molecule has 274 valence electrons. The quantitative estimate of drug-likeness (QED) is 0.234. The Bertz CT molecular complexity index is 1710. The molecule has 3 heterocycles. The molecule has 1 aromatic carbocycles. The van der Waals surface area contributed by atoms with Gasteiger partial charge in [-0.05, 0) is 150 Å². The van der Waals surface area contributed by atoms with Gasteiger partial charge in [-0.25, -0.2) is 9.78 Å². The number of aryl methyl sites for hydroxylation is 1. The number of anilines is 1. The Morgan fingerprint density at radius 3 is 2.29 bits per heavy atom. The fourth-order valence-electron chi connectivity index (χ4n) is 9.30. The molecule has 1 saturated heterocycles. The van der Waals surface area contributed by atoms with Gasteiger partial charge < -0.3 is 14.4 Å². The highest BCUT2D eigenvalue weighted by Gasteiger charge is 2.51. The van der Waals surface area contributed by atoms with Crippen LogP contribution in [0.5, 0.6) is 5.75 Å². The van der Waals surface area contributed by atoms with Crippen molar-refractivity contribution in [1.29, 1.82) is 0 Å². The molecule has 51 heavy (non-hydrogen) atoms. The Morgan fingerprint density at radius 2 is 1.69 bits per heavy atom. The average molecular weight is 696 g/mol. The van der Waals surface area contributed by atoms with Crippen LogP contribution in [-0.2, 0) is 20.5 Å². The number of pyridine rings is 1. The van der Waals surface area contributed by atoms with Gasteiger partial charge in [0.05, 0.1) is 18.8 Å². The fourth-order valence-corrected chi connectivity index (χ4v) is 9.30. The van der Waals surface area contributed by atoms with Crippen molar-refractivity contribution in [3.63, 3.8) is 0 Å². The number of methoxy groups -OCH3 is 1. The van der Waals surface area contributed by atoms with Crippen LogP contribution in [0.2, 0.25) is 0 Å². The van der Waals surface area contributed by atoms with Gasteiger partial charge in [-0.15, -0.1) is 0 Å². The van der Waals surface area contributed by atoms with Gasteiger partial charge >= 0.3 is 6.09 Å². The molecule has 0 unspecified atom stereocenters. The molecule has 2 aromatic heterocycles. The highest BCUT2D eigenvalue weighted by atomic mass is 16.6. The van der Waals surface area contributed by atoms with Crippen molar-refractivity contribution in [2.45, 2.75) is 122 Å². The first-order chi connectivity index (χ1) is 24.4. The number of fused-ring (bicyclic) bond motifs is 3. The number of benzene rings is 1. The van der Waals surface area contributed by atoms with Gasteiger partial charge in [0, 0.05) is 43.5 Å². The molecule has 0 radical (unpaired) electrons. The van der Waals surface area contributed by atoms with Crippen molar-refractivity contribution in [2.24, 2.45) is 17.3 Å². The first kappa shape index (κ1) is 35.5. The maximum absolute atomic E-state index is 14.7. The molecule has 0 spiro atoms. The van der Waals surface area contributed by atoms with Crippen LogP contribution in [0.4, 0.5) is 10.6 Å². The molecule has 9 heteroatoms.